The smallest absolute Gasteiger partial charge is 0.128 e. The zero-order chi connectivity index (χ0) is 19.9. The van der Waals surface area contributed by atoms with E-state index in [9.17, 15) is 9.65 Å². The van der Waals surface area contributed by atoms with Crippen molar-refractivity contribution in [2.75, 3.05) is 26.2 Å². The summed E-state index contributed by atoms with van der Waals surface area (Å²) in [4.78, 5) is 4.84. The molecule has 0 spiro atoms. The van der Waals surface area contributed by atoms with E-state index in [1.807, 2.05) is 12.1 Å². The topological polar surface area (TPSA) is 30.3 Å². The predicted octanol–water partition coefficient (Wildman–Crippen LogP) is 4.97. The highest BCUT2D eigenvalue weighted by Gasteiger charge is 2.36. The summed E-state index contributed by atoms with van der Waals surface area (Å²) in [5.41, 5.74) is -0.206. The van der Waals surface area contributed by atoms with E-state index in [1.165, 1.54) is 25.3 Å². The molecule has 1 saturated heterocycles. The summed E-state index contributed by atoms with van der Waals surface area (Å²) < 4.78 is 14.7. The van der Waals surface area contributed by atoms with Crippen LogP contribution in [-0.2, 0) is 5.41 Å². The lowest BCUT2D eigenvalue weighted by atomic mass is 9.75. The minimum atomic E-state index is -0.773. The van der Waals surface area contributed by atoms with E-state index < -0.39 is 5.41 Å². The van der Waals surface area contributed by atoms with Crippen molar-refractivity contribution in [1.29, 1.82) is 5.26 Å². The van der Waals surface area contributed by atoms with Gasteiger partial charge in [-0.15, -0.1) is 0 Å². The summed E-state index contributed by atoms with van der Waals surface area (Å²) in [5.74, 6) is -0.252. The first-order valence-electron chi connectivity index (χ1n) is 10.5. The second kappa shape index (κ2) is 10.2. The fourth-order valence-electron chi connectivity index (χ4n) is 4.38. The summed E-state index contributed by atoms with van der Waals surface area (Å²) in [6.45, 7) is 12.6. The van der Waals surface area contributed by atoms with Crippen molar-refractivity contribution in [3.63, 3.8) is 0 Å². The Kier molecular flexibility index (Phi) is 8.26. The monoisotopic (exact) mass is 373 g/mol. The van der Waals surface area contributed by atoms with Crippen LogP contribution in [-0.4, -0.2) is 48.1 Å². The highest BCUT2D eigenvalue weighted by Crippen LogP contribution is 2.34. The number of benzene rings is 1. The SMILES string of the molecule is CC(C)N(CCC(C#N)(CCN1CCCCC1)c1ccccc1F)C(C)C. The Morgan fingerprint density at radius 1 is 1.07 bits per heavy atom. The van der Waals surface area contributed by atoms with Crippen LogP contribution in [0.5, 0.6) is 0 Å². The molecule has 4 heteroatoms. The van der Waals surface area contributed by atoms with Gasteiger partial charge >= 0.3 is 0 Å². The molecule has 150 valence electrons. The maximum atomic E-state index is 14.7. The predicted molar refractivity (Wildman–Crippen MR) is 110 cm³/mol. The highest BCUT2D eigenvalue weighted by atomic mass is 19.1. The molecule has 0 aromatic heterocycles. The van der Waals surface area contributed by atoms with Gasteiger partial charge in [0.25, 0.3) is 0 Å². The quantitative estimate of drug-likeness (QED) is 0.612. The fourth-order valence-corrected chi connectivity index (χ4v) is 4.38. The number of halogens is 1. The Balaban J connectivity index is 2.23. The van der Waals surface area contributed by atoms with Gasteiger partial charge in [0.1, 0.15) is 5.82 Å². The van der Waals surface area contributed by atoms with Gasteiger partial charge in [-0.25, -0.2) is 4.39 Å². The van der Waals surface area contributed by atoms with E-state index in [0.717, 1.165) is 26.2 Å². The molecular weight excluding hydrogens is 337 g/mol. The van der Waals surface area contributed by atoms with Gasteiger partial charge in [-0.05, 0) is 79.1 Å². The number of nitriles is 1. The third kappa shape index (κ3) is 5.77. The lowest BCUT2D eigenvalue weighted by molar-refractivity contribution is 0.154. The Morgan fingerprint density at radius 2 is 1.70 bits per heavy atom. The van der Waals surface area contributed by atoms with Crippen LogP contribution in [0.2, 0.25) is 0 Å². The normalized spacial score (nSPS) is 18.0. The lowest BCUT2D eigenvalue weighted by Crippen LogP contribution is -2.42. The number of piperidine rings is 1. The van der Waals surface area contributed by atoms with Crippen molar-refractivity contribution in [3.8, 4) is 6.07 Å². The second-order valence-electron chi connectivity index (χ2n) is 8.50. The third-order valence-electron chi connectivity index (χ3n) is 6.03. The van der Waals surface area contributed by atoms with E-state index in [0.29, 0.717) is 30.5 Å². The average molecular weight is 374 g/mol. The first-order valence-corrected chi connectivity index (χ1v) is 10.5. The second-order valence-corrected chi connectivity index (χ2v) is 8.50. The van der Waals surface area contributed by atoms with Crippen LogP contribution >= 0.6 is 0 Å². The third-order valence-corrected chi connectivity index (χ3v) is 6.03. The minimum absolute atomic E-state index is 0.252. The molecule has 2 rings (SSSR count). The van der Waals surface area contributed by atoms with Gasteiger partial charge in [-0.2, -0.15) is 5.26 Å². The Bertz CT molecular complexity index is 608. The maximum absolute atomic E-state index is 14.7. The number of hydrogen-bond acceptors (Lipinski definition) is 3. The Labute approximate surface area is 165 Å². The van der Waals surface area contributed by atoms with Crippen LogP contribution in [0.1, 0.15) is 65.4 Å². The van der Waals surface area contributed by atoms with Crippen molar-refractivity contribution < 1.29 is 4.39 Å². The summed E-state index contributed by atoms with van der Waals surface area (Å²) in [7, 11) is 0. The standard InChI is InChI=1S/C23H36FN3/c1-19(2)27(20(3)4)17-13-23(18-25,21-10-6-7-11-22(21)24)12-16-26-14-8-5-9-15-26/h6-7,10-11,19-20H,5,8-9,12-17H2,1-4H3. The first kappa shape index (κ1) is 21.9. The van der Waals surface area contributed by atoms with Crippen molar-refractivity contribution in [1.82, 2.24) is 9.80 Å². The molecule has 0 saturated carbocycles. The van der Waals surface area contributed by atoms with Crippen molar-refractivity contribution in [3.05, 3.63) is 35.6 Å². The molecule has 0 amide bonds. The van der Waals surface area contributed by atoms with Gasteiger partial charge in [-0.3, -0.25) is 4.90 Å². The molecule has 1 aliphatic heterocycles. The van der Waals surface area contributed by atoms with Gasteiger partial charge in [0.15, 0.2) is 0 Å². The molecule has 0 bridgehead atoms. The molecule has 3 nitrogen and oxygen atoms in total. The molecule has 0 radical (unpaired) electrons. The molecule has 1 aromatic carbocycles. The van der Waals surface area contributed by atoms with Crippen molar-refractivity contribution in [2.24, 2.45) is 0 Å². The molecule has 1 unspecified atom stereocenters. The van der Waals surface area contributed by atoms with E-state index in [-0.39, 0.29) is 5.82 Å². The van der Waals surface area contributed by atoms with Gasteiger partial charge in [0.2, 0.25) is 0 Å². The Hall–Kier alpha value is -1.44. The highest BCUT2D eigenvalue weighted by molar-refractivity contribution is 5.34. The van der Waals surface area contributed by atoms with Crippen LogP contribution in [0.15, 0.2) is 24.3 Å². The minimum Gasteiger partial charge on any atom is -0.303 e. The van der Waals surface area contributed by atoms with E-state index >= 15 is 0 Å². The first-order chi connectivity index (χ1) is 12.9. The van der Waals surface area contributed by atoms with Gasteiger partial charge in [0.05, 0.1) is 11.5 Å². The molecule has 1 heterocycles. The molecule has 1 aromatic rings. The van der Waals surface area contributed by atoms with Gasteiger partial charge in [0, 0.05) is 24.2 Å². The van der Waals surface area contributed by atoms with Crippen molar-refractivity contribution >= 4 is 0 Å². The summed E-state index contributed by atoms with van der Waals surface area (Å²) in [6.07, 6.45) is 5.11. The van der Waals surface area contributed by atoms with Crippen LogP contribution < -0.4 is 0 Å². The number of nitrogens with zero attached hydrogens (tertiary/aromatic N) is 3. The average Bonchev–Trinajstić information content (AvgIpc) is 2.65. The molecule has 0 N–H and O–H groups in total. The number of hydrogen-bond donors (Lipinski definition) is 0. The fraction of sp³-hybridized carbons (Fsp3) is 0.696. The molecule has 1 fully saturated rings. The number of likely N-dealkylation sites (tertiary alicyclic amines) is 1. The maximum Gasteiger partial charge on any atom is 0.128 e. The van der Waals surface area contributed by atoms with E-state index in [1.54, 1.807) is 6.07 Å². The molecule has 1 aliphatic rings. The lowest BCUT2D eigenvalue weighted by Gasteiger charge is -2.36. The summed E-state index contributed by atoms with van der Waals surface area (Å²) >= 11 is 0. The van der Waals surface area contributed by atoms with Crippen molar-refractivity contribution in [2.45, 2.75) is 77.3 Å². The Morgan fingerprint density at radius 3 is 2.26 bits per heavy atom. The van der Waals surface area contributed by atoms with Crippen LogP contribution in [0, 0.1) is 17.1 Å². The molecular formula is C23H36FN3. The van der Waals surface area contributed by atoms with Gasteiger partial charge in [-0.1, -0.05) is 24.6 Å². The van der Waals surface area contributed by atoms with Crippen LogP contribution in [0.25, 0.3) is 0 Å². The largest absolute Gasteiger partial charge is 0.303 e. The molecule has 1 atom stereocenters. The molecule has 27 heavy (non-hydrogen) atoms. The van der Waals surface area contributed by atoms with Gasteiger partial charge < -0.3 is 4.90 Å². The zero-order valence-electron chi connectivity index (χ0n) is 17.5. The summed E-state index contributed by atoms with van der Waals surface area (Å²) in [5, 5.41) is 10.2. The summed E-state index contributed by atoms with van der Waals surface area (Å²) in [6, 6.07) is 10.2. The zero-order valence-corrected chi connectivity index (χ0v) is 17.5. The van der Waals surface area contributed by atoms with E-state index in [4.69, 9.17) is 0 Å². The molecule has 0 aliphatic carbocycles. The van der Waals surface area contributed by atoms with Crippen LogP contribution in [0.4, 0.5) is 4.39 Å². The van der Waals surface area contributed by atoms with Crippen LogP contribution in [0.3, 0.4) is 0 Å². The number of rotatable bonds is 9. The van der Waals surface area contributed by atoms with E-state index in [2.05, 4.69) is 43.6 Å².